The van der Waals surface area contributed by atoms with Crippen LogP contribution in [0.25, 0.3) is 0 Å². The smallest absolute Gasteiger partial charge is 0.231 e. The molecule has 5 nitrogen and oxygen atoms in total. The first kappa shape index (κ1) is 14.5. The number of hydrogen-bond acceptors (Lipinski definition) is 5. The Morgan fingerprint density at radius 3 is 2.47 bits per heavy atom. The van der Waals surface area contributed by atoms with Crippen molar-refractivity contribution in [3.05, 3.63) is 11.7 Å². The van der Waals surface area contributed by atoms with Crippen LogP contribution in [0.2, 0.25) is 0 Å². The molecular formula is C14H25N3O2. The fourth-order valence-corrected chi connectivity index (χ4v) is 2.66. The van der Waals surface area contributed by atoms with E-state index in [0.717, 1.165) is 5.89 Å². The highest BCUT2D eigenvalue weighted by Crippen LogP contribution is 2.42. The van der Waals surface area contributed by atoms with Crippen molar-refractivity contribution in [2.24, 2.45) is 11.8 Å². The number of methoxy groups -OCH3 is 1. The van der Waals surface area contributed by atoms with Crippen molar-refractivity contribution < 1.29 is 9.26 Å². The largest absolute Gasteiger partial charge is 0.373 e. The van der Waals surface area contributed by atoms with Gasteiger partial charge in [0.15, 0.2) is 0 Å². The first-order valence-corrected chi connectivity index (χ1v) is 7.12. The molecule has 3 unspecified atom stereocenters. The third kappa shape index (κ3) is 3.15. The van der Waals surface area contributed by atoms with E-state index in [0.29, 0.717) is 23.7 Å². The number of aromatic nitrogens is 2. The van der Waals surface area contributed by atoms with Gasteiger partial charge < -0.3 is 14.6 Å². The summed E-state index contributed by atoms with van der Waals surface area (Å²) in [6.45, 7) is 6.50. The molecule has 2 rings (SSSR count). The standard InChI is InChI=1S/C14H25N3O2/c1-8(2)11(9(3)15-4)14-16-13(17-19-14)12(18-5)10-6-7-10/h8-12,15H,6-7H2,1-5H3. The zero-order valence-corrected chi connectivity index (χ0v) is 12.5. The molecule has 108 valence electrons. The number of nitrogens with zero attached hydrogens (tertiary/aromatic N) is 2. The molecule has 1 heterocycles. The van der Waals surface area contributed by atoms with Crippen LogP contribution in [0.5, 0.6) is 0 Å². The van der Waals surface area contributed by atoms with Crippen molar-refractivity contribution in [2.75, 3.05) is 14.2 Å². The fraction of sp³-hybridized carbons (Fsp3) is 0.857. The zero-order chi connectivity index (χ0) is 14.0. The monoisotopic (exact) mass is 267 g/mol. The molecule has 0 spiro atoms. The highest BCUT2D eigenvalue weighted by molar-refractivity contribution is 5.04. The molecule has 1 aliphatic rings. The minimum absolute atomic E-state index is 0.00444. The molecule has 1 saturated carbocycles. The Morgan fingerprint density at radius 2 is 2.00 bits per heavy atom. The average Bonchev–Trinajstić information content (AvgIpc) is 3.10. The van der Waals surface area contributed by atoms with E-state index in [1.165, 1.54) is 12.8 Å². The fourth-order valence-electron chi connectivity index (χ4n) is 2.66. The van der Waals surface area contributed by atoms with E-state index in [1.807, 2.05) is 7.05 Å². The number of nitrogens with one attached hydrogen (secondary N) is 1. The molecule has 1 N–H and O–H groups in total. The van der Waals surface area contributed by atoms with Crippen LogP contribution in [0.3, 0.4) is 0 Å². The normalized spacial score (nSPS) is 20.5. The Hall–Kier alpha value is -0.940. The van der Waals surface area contributed by atoms with Gasteiger partial charge in [0.05, 0.1) is 5.92 Å². The summed E-state index contributed by atoms with van der Waals surface area (Å²) in [6, 6.07) is 0.301. The topological polar surface area (TPSA) is 60.2 Å². The predicted molar refractivity (Wildman–Crippen MR) is 72.9 cm³/mol. The van der Waals surface area contributed by atoms with E-state index in [9.17, 15) is 0 Å². The van der Waals surface area contributed by atoms with Gasteiger partial charge in [0.1, 0.15) is 6.10 Å². The summed E-state index contributed by atoms with van der Waals surface area (Å²) in [5.74, 6) is 2.65. The van der Waals surface area contributed by atoms with Gasteiger partial charge in [-0.2, -0.15) is 4.98 Å². The number of ether oxygens (including phenoxy) is 1. The molecule has 19 heavy (non-hydrogen) atoms. The summed E-state index contributed by atoms with van der Waals surface area (Å²) in [5.41, 5.74) is 0. The molecule has 3 atom stereocenters. The SMILES string of the molecule is CNC(C)C(c1nc(C(OC)C2CC2)no1)C(C)C. The second kappa shape index (κ2) is 6.01. The second-order valence-electron chi connectivity index (χ2n) is 5.83. The van der Waals surface area contributed by atoms with Gasteiger partial charge in [0, 0.05) is 13.2 Å². The predicted octanol–water partition coefficient (Wildman–Crippen LogP) is 2.51. The van der Waals surface area contributed by atoms with Crippen LogP contribution >= 0.6 is 0 Å². The van der Waals surface area contributed by atoms with Crippen LogP contribution in [0, 0.1) is 11.8 Å². The van der Waals surface area contributed by atoms with Crippen molar-refractivity contribution in [3.8, 4) is 0 Å². The molecule has 5 heteroatoms. The summed E-state index contributed by atoms with van der Waals surface area (Å²) in [5, 5.41) is 7.40. The van der Waals surface area contributed by atoms with E-state index in [4.69, 9.17) is 9.26 Å². The van der Waals surface area contributed by atoms with Gasteiger partial charge in [0.25, 0.3) is 0 Å². The van der Waals surface area contributed by atoms with E-state index < -0.39 is 0 Å². The van der Waals surface area contributed by atoms with E-state index in [-0.39, 0.29) is 12.0 Å². The second-order valence-corrected chi connectivity index (χ2v) is 5.83. The Labute approximate surface area is 115 Å². The molecule has 0 radical (unpaired) electrons. The van der Waals surface area contributed by atoms with Gasteiger partial charge in [-0.25, -0.2) is 0 Å². The minimum Gasteiger partial charge on any atom is -0.373 e. The van der Waals surface area contributed by atoms with Gasteiger partial charge in [-0.3, -0.25) is 0 Å². The van der Waals surface area contributed by atoms with Gasteiger partial charge in [0.2, 0.25) is 11.7 Å². The highest BCUT2D eigenvalue weighted by Gasteiger charge is 2.37. The Kier molecular flexibility index (Phi) is 4.58. The van der Waals surface area contributed by atoms with Crippen molar-refractivity contribution >= 4 is 0 Å². The third-order valence-electron chi connectivity index (χ3n) is 4.01. The lowest BCUT2D eigenvalue weighted by Crippen LogP contribution is -2.32. The summed E-state index contributed by atoms with van der Waals surface area (Å²) >= 11 is 0. The Balaban J connectivity index is 2.17. The summed E-state index contributed by atoms with van der Waals surface area (Å²) in [6.07, 6.45) is 2.39. The van der Waals surface area contributed by atoms with Crippen LogP contribution in [0.15, 0.2) is 4.52 Å². The van der Waals surface area contributed by atoms with E-state index in [1.54, 1.807) is 7.11 Å². The molecule has 0 aliphatic heterocycles. The Bertz CT molecular complexity index is 401. The minimum atomic E-state index is -0.00444. The number of hydrogen-bond donors (Lipinski definition) is 1. The summed E-state index contributed by atoms with van der Waals surface area (Å²) in [7, 11) is 3.68. The Morgan fingerprint density at radius 1 is 1.32 bits per heavy atom. The molecule has 0 bridgehead atoms. The van der Waals surface area contributed by atoms with Gasteiger partial charge in [-0.05, 0) is 38.6 Å². The summed E-state index contributed by atoms with van der Waals surface area (Å²) in [4.78, 5) is 4.59. The maximum absolute atomic E-state index is 5.50. The maximum atomic E-state index is 5.50. The molecule has 0 saturated heterocycles. The van der Waals surface area contributed by atoms with Crippen molar-refractivity contribution in [2.45, 2.75) is 51.7 Å². The molecule has 0 aromatic carbocycles. The van der Waals surface area contributed by atoms with Crippen molar-refractivity contribution in [3.63, 3.8) is 0 Å². The van der Waals surface area contributed by atoms with Gasteiger partial charge in [-0.15, -0.1) is 0 Å². The van der Waals surface area contributed by atoms with Crippen LogP contribution < -0.4 is 5.32 Å². The van der Waals surface area contributed by atoms with E-state index in [2.05, 4.69) is 36.2 Å². The molecule has 1 aromatic heterocycles. The lowest BCUT2D eigenvalue weighted by atomic mass is 9.89. The highest BCUT2D eigenvalue weighted by atomic mass is 16.5. The van der Waals surface area contributed by atoms with Crippen molar-refractivity contribution in [1.29, 1.82) is 0 Å². The quantitative estimate of drug-likeness (QED) is 0.822. The van der Waals surface area contributed by atoms with Gasteiger partial charge in [-0.1, -0.05) is 19.0 Å². The first-order chi connectivity index (χ1) is 9.08. The molecule has 1 aliphatic carbocycles. The average molecular weight is 267 g/mol. The van der Waals surface area contributed by atoms with Gasteiger partial charge >= 0.3 is 0 Å². The molecule has 0 amide bonds. The van der Waals surface area contributed by atoms with Crippen LogP contribution in [-0.2, 0) is 4.74 Å². The maximum Gasteiger partial charge on any atom is 0.231 e. The molecule has 1 aromatic rings. The summed E-state index contributed by atoms with van der Waals surface area (Å²) < 4.78 is 11.0. The van der Waals surface area contributed by atoms with Crippen LogP contribution in [0.1, 0.15) is 57.3 Å². The lowest BCUT2D eigenvalue weighted by molar-refractivity contribution is 0.0751. The third-order valence-corrected chi connectivity index (χ3v) is 4.01. The first-order valence-electron chi connectivity index (χ1n) is 7.12. The number of rotatable bonds is 7. The number of likely N-dealkylation sites (N-methyl/N-ethyl adjacent to an activating group) is 1. The molecular weight excluding hydrogens is 242 g/mol. The van der Waals surface area contributed by atoms with E-state index >= 15 is 0 Å². The lowest BCUT2D eigenvalue weighted by Gasteiger charge is -2.23. The van der Waals surface area contributed by atoms with Crippen molar-refractivity contribution in [1.82, 2.24) is 15.5 Å². The van der Waals surface area contributed by atoms with Crippen LogP contribution in [-0.4, -0.2) is 30.3 Å². The molecule has 1 fully saturated rings. The zero-order valence-electron chi connectivity index (χ0n) is 12.5. The van der Waals surface area contributed by atoms with Crippen LogP contribution in [0.4, 0.5) is 0 Å².